The van der Waals surface area contributed by atoms with E-state index in [0.717, 1.165) is 25.1 Å². The lowest BCUT2D eigenvalue weighted by molar-refractivity contribution is 0.0955. The van der Waals surface area contributed by atoms with E-state index in [1.54, 1.807) is 0 Å². The van der Waals surface area contributed by atoms with Crippen LogP contribution in [0.1, 0.15) is 29.6 Å². The monoisotopic (exact) mass is 207 g/mol. The number of rotatable bonds is 3. The second-order valence-corrected chi connectivity index (χ2v) is 4.06. The van der Waals surface area contributed by atoms with Crippen molar-refractivity contribution in [2.75, 3.05) is 19.7 Å². The predicted molar refractivity (Wildman–Crippen MR) is 58.7 cm³/mol. The van der Waals surface area contributed by atoms with Gasteiger partial charge in [0.15, 0.2) is 0 Å². The molecule has 1 fully saturated rings. The summed E-state index contributed by atoms with van der Waals surface area (Å²) < 4.78 is 0. The largest absolute Gasteiger partial charge is 0.393 e. The van der Waals surface area contributed by atoms with Gasteiger partial charge in [-0.2, -0.15) is 0 Å². The molecule has 2 unspecified atom stereocenters. The summed E-state index contributed by atoms with van der Waals surface area (Å²) in [5.41, 5.74) is 2.06. The topological polar surface area (TPSA) is 52.5 Å². The standard InChI is InChI=1S/C12H17NO2/c14-8-12(15)10-3-1-2-9(6-10)11-4-5-13-7-11/h1-3,6,11-15H,4-5,7-8H2. The Labute approximate surface area is 89.8 Å². The van der Waals surface area contributed by atoms with Crippen molar-refractivity contribution in [2.24, 2.45) is 0 Å². The summed E-state index contributed by atoms with van der Waals surface area (Å²) in [6, 6.07) is 7.89. The van der Waals surface area contributed by atoms with Gasteiger partial charge in [0, 0.05) is 6.54 Å². The van der Waals surface area contributed by atoms with Crippen LogP contribution in [-0.4, -0.2) is 29.9 Å². The van der Waals surface area contributed by atoms with Crippen LogP contribution in [0.25, 0.3) is 0 Å². The lowest BCUT2D eigenvalue weighted by Gasteiger charge is -2.13. The van der Waals surface area contributed by atoms with E-state index in [-0.39, 0.29) is 6.61 Å². The van der Waals surface area contributed by atoms with Gasteiger partial charge in [0.25, 0.3) is 0 Å². The lowest BCUT2D eigenvalue weighted by Crippen LogP contribution is -2.09. The molecular weight excluding hydrogens is 190 g/mol. The lowest BCUT2D eigenvalue weighted by atomic mass is 9.95. The van der Waals surface area contributed by atoms with Crippen LogP contribution < -0.4 is 5.32 Å². The minimum atomic E-state index is -0.751. The van der Waals surface area contributed by atoms with Gasteiger partial charge in [-0.25, -0.2) is 0 Å². The van der Waals surface area contributed by atoms with Crippen molar-refractivity contribution >= 4 is 0 Å². The predicted octanol–water partition coefficient (Wildman–Crippen LogP) is 0.789. The van der Waals surface area contributed by atoms with Crippen LogP contribution in [0.5, 0.6) is 0 Å². The number of hydrogen-bond acceptors (Lipinski definition) is 3. The third-order valence-electron chi connectivity index (χ3n) is 3.00. The Morgan fingerprint density at radius 1 is 1.47 bits per heavy atom. The number of aliphatic hydroxyl groups is 2. The molecule has 0 radical (unpaired) electrons. The highest BCUT2D eigenvalue weighted by Crippen LogP contribution is 2.24. The maximum Gasteiger partial charge on any atom is 0.102 e. The number of nitrogens with one attached hydrogen (secondary N) is 1. The summed E-state index contributed by atoms with van der Waals surface area (Å²) in [6.07, 6.45) is 0.401. The molecule has 1 aliphatic rings. The summed E-state index contributed by atoms with van der Waals surface area (Å²) in [5.74, 6) is 0.552. The van der Waals surface area contributed by atoms with Crippen LogP contribution in [0.2, 0.25) is 0 Å². The van der Waals surface area contributed by atoms with E-state index < -0.39 is 6.10 Å². The second-order valence-electron chi connectivity index (χ2n) is 4.06. The van der Waals surface area contributed by atoms with Gasteiger partial charge in [-0.15, -0.1) is 0 Å². The van der Waals surface area contributed by atoms with Crippen molar-refractivity contribution in [1.29, 1.82) is 0 Å². The molecule has 0 spiro atoms. The van der Waals surface area contributed by atoms with Gasteiger partial charge >= 0.3 is 0 Å². The van der Waals surface area contributed by atoms with Crippen LogP contribution in [0.4, 0.5) is 0 Å². The van der Waals surface area contributed by atoms with Crippen molar-refractivity contribution in [3.63, 3.8) is 0 Å². The van der Waals surface area contributed by atoms with E-state index in [1.807, 2.05) is 18.2 Å². The van der Waals surface area contributed by atoms with E-state index in [0.29, 0.717) is 5.92 Å². The zero-order valence-electron chi connectivity index (χ0n) is 8.69. The number of benzene rings is 1. The minimum Gasteiger partial charge on any atom is -0.393 e. The Morgan fingerprint density at radius 2 is 2.33 bits per heavy atom. The first-order valence-corrected chi connectivity index (χ1v) is 5.40. The molecule has 0 saturated carbocycles. The van der Waals surface area contributed by atoms with Crippen LogP contribution in [0.15, 0.2) is 24.3 Å². The highest BCUT2D eigenvalue weighted by Gasteiger charge is 2.17. The van der Waals surface area contributed by atoms with Gasteiger partial charge in [-0.3, -0.25) is 0 Å². The van der Waals surface area contributed by atoms with E-state index >= 15 is 0 Å². The van der Waals surface area contributed by atoms with Crippen LogP contribution >= 0.6 is 0 Å². The average Bonchev–Trinajstić information content (AvgIpc) is 2.82. The molecule has 82 valence electrons. The van der Waals surface area contributed by atoms with Gasteiger partial charge < -0.3 is 15.5 Å². The first-order chi connectivity index (χ1) is 7.31. The Morgan fingerprint density at radius 3 is 3.00 bits per heavy atom. The number of hydrogen-bond donors (Lipinski definition) is 3. The fourth-order valence-corrected chi connectivity index (χ4v) is 2.06. The molecule has 1 aromatic carbocycles. The molecule has 3 N–H and O–H groups in total. The molecule has 0 bridgehead atoms. The molecule has 0 amide bonds. The third-order valence-corrected chi connectivity index (χ3v) is 3.00. The van der Waals surface area contributed by atoms with Gasteiger partial charge in [-0.05, 0) is 30.0 Å². The maximum atomic E-state index is 9.53. The Bertz CT molecular complexity index is 321. The molecule has 0 aliphatic carbocycles. The Kier molecular flexibility index (Phi) is 3.36. The first kappa shape index (κ1) is 10.6. The van der Waals surface area contributed by atoms with Crippen molar-refractivity contribution in [2.45, 2.75) is 18.4 Å². The fraction of sp³-hybridized carbons (Fsp3) is 0.500. The van der Waals surface area contributed by atoms with Crippen LogP contribution in [0.3, 0.4) is 0 Å². The molecule has 1 saturated heterocycles. The van der Waals surface area contributed by atoms with Crippen molar-refractivity contribution in [3.05, 3.63) is 35.4 Å². The SMILES string of the molecule is OCC(O)c1cccc(C2CCNC2)c1. The van der Waals surface area contributed by atoms with E-state index in [1.165, 1.54) is 5.56 Å². The fourth-order valence-electron chi connectivity index (χ4n) is 2.06. The second kappa shape index (κ2) is 4.75. The maximum absolute atomic E-state index is 9.53. The quantitative estimate of drug-likeness (QED) is 0.687. The van der Waals surface area contributed by atoms with Gasteiger partial charge in [0.1, 0.15) is 6.10 Å². The molecule has 15 heavy (non-hydrogen) atoms. The van der Waals surface area contributed by atoms with Crippen molar-refractivity contribution < 1.29 is 10.2 Å². The molecule has 1 aromatic rings. The van der Waals surface area contributed by atoms with Gasteiger partial charge in [0.2, 0.25) is 0 Å². The van der Waals surface area contributed by atoms with Crippen molar-refractivity contribution in [1.82, 2.24) is 5.32 Å². The summed E-state index contributed by atoms with van der Waals surface area (Å²) in [4.78, 5) is 0. The number of aliphatic hydroxyl groups excluding tert-OH is 2. The Balaban J connectivity index is 2.18. The van der Waals surface area contributed by atoms with Crippen molar-refractivity contribution in [3.8, 4) is 0 Å². The van der Waals surface area contributed by atoms with E-state index in [9.17, 15) is 5.11 Å². The van der Waals surface area contributed by atoms with Crippen LogP contribution in [-0.2, 0) is 0 Å². The summed E-state index contributed by atoms with van der Waals surface area (Å²) in [5, 5.41) is 21.7. The summed E-state index contributed by atoms with van der Waals surface area (Å²) in [6.45, 7) is 1.86. The molecule has 1 heterocycles. The summed E-state index contributed by atoms with van der Waals surface area (Å²) >= 11 is 0. The third kappa shape index (κ3) is 2.37. The highest BCUT2D eigenvalue weighted by molar-refractivity contribution is 5.28. The molecule has 3 nitrogen and oxygen atoms in total. The van der Waals surface area contributed by atoms with Gasteiger partial charge in [-0.1, -0.05) is 24.3 Å². The van der Waals surface area contributed by atoms with E-state index in [2.05, 4.69) is 11.4 Å². The average molecular weight is 207 g/mol. The minimum absolute atomic E-state index is 0.216. The van der Waals surface area contributed by atoms with Crippen LogP contribution in [0, 0.1) is 0 Å². The van der Waals surface area contributed by atoms with E-state index in [4.69, 9.17) is 5.11 Å². The smallest absolute Gasteiger partial charge is 0.102 e. The normalized spacial score (nSPS) is 22.9. The Hall–Kier alpha value is -0.900. The molecule has 3 heteroatoms. The zero-order chi connectivity index (χ0) is 10.7. The summed E-state index contributed by atoms with van der Waals surface area (Å²) in [7, 11) is 0. The highest BCUT2D eigenvalue weighted by atomic mass is 16.3. The molecular formula is C12H17NO2. The molecule has 2 rings (SSSR count). The molecule has 1 aliphatic heterocycles. The zero-order valence-corrected chi connectivity index (χ0v) is 8.69. The first-order valence-electron chi connectivity index (χ1n) is 5.40. The van der Waals surface area contributed by atoms with Gasteiger partial charge in [0.05, 0.1) is 6.61 Å². The molecule has 2 atom stereocenters. The molecule has 0 aromatic heterocycles.